The van der Waals surface area contributed by atoms with E-state index >= 15 is 0 Å². The summed E-state index contributed by atoms with van der Waals surface area (Å²) in [7, 11) is 0. The van der Waals surface area contributed by atoms with Gasteiger partial charge in [0.15, 0.2) is 0 Å². The first-order valence-corrected chi connectivity index (χ1v) is 8.43. The molecule has 1 aliphatic rings. The van der Waals surface area contributed by atoms with Gasteiger partial charge in [-0.1, -0.05) is 17.7 Å². The van der Waals surface area contributed by atoms with Crippen molar-refractivity contribution in [2.75, 3.05) is 36.8 Å². The highest BCUT2D eigenvalue weighted by Gasteiger charge is 2.23. The Kier molecular flexibility index (Phi) is 4.47. The number of hydrogen-bond acceptors (Lipinski definition) is 3. The molecule has 0 bridgehead atoms. The number of piperazine rings is 1. The normalized spacial score (nSPS) is 14.8. The molecule has 0 spiro atoms. The minimum absolute atomic E-state index is 0.104. The lowest BCUT2D eigenvalue weighted by atomic mass is 10.1. The van der Waals surface area contributed by atoms with Crippen LogP contribution in [0.25, 0.3) is 0 Å². The van der Waals surface area contributed by atoms with Crippen molar-refractivity contribution in [1.82, 2.24) is 4.90 Å². The maximum absolute atomic E-state index is 12.8. The number of rotatable bonds is 2. The zero-order valence-corrected chi connectivity index (χ0v) is 14.7. The van der Waals surface area contributed by atoms with Crippen LogP contribution in [0.3, 0.4) is 0 Å². The minimum atomic E-state index is 0.104. The van der Waals surface area contributed by atoms with E-state index in [0.717, 1.165) is 37.3 Å². The molecule has 0 radical (unpaired) electrons. The van der Waals surface area contributed by atoms with Gasteiger partial charge in [-0.15, -0.1) is 0 Å². The largest absolute Gasteiger partial charge is 0.399 e. The lowest BCUT2D eigenvalue weighted by Gasteiger charge is -2.37. The Bertz CT molecular complexity index is 761. The molecule has 0 atom stereocenters. The van der Waals surface area contributed by atoms with Crippen LogP contribution in [0.15, 0.2) is 36.4 Å². The highest BCUT2D eigenvalue weighted by atomic mass is 16.2. The summed E-state index contributed by atoms with van der Waals surface area (Å²) in [4.78, 5) is 17.1. The standard InChI is InChI=1S/C20H25N3O/c1-14-4-7-19(16(3)12-14)22-8-10-23(11-9-22)20(24)18-6-5-17(21)13-15(18)2/h4-7,12-13H,8-11,21H2,1-3H3. The highest BCUT2D eigenvalue weighted by molar-refractivity contribution is 5.96. The molecule has 4 nitrogen and oxygen atoms in total. The average Bonchev–Trinajstić information content (AvgIpc) is 2.54. The summed E-state index contributed by atoms with van der Waals surface area (Å²) >= 11 is 0. The fraction of sp³-hybridized carbons (Fsp3) is 0.350. The van der Waals surface area contributed by atoms with Crippen LogP contribution < -0.4 is 10.6 Å². The van der Waals surface area contributed by atoms with Crippen molar-refractivity contribution in [2.45, 2.75) is 20.8 Å². The molecule has 0 aromatic heterocycles. The monoisotopic (exact) mass is 323 g/mol. The Hall–Kier alpha value is -2.49. The van der Waals surface area contributed by atoms with Gasteiger partial charge in [-0.05, 0) is 56.2 Å². The third-order valence-corrected chi connectivity index (χ3v) is 4.74. The molecule has 1 saturated heterocycles. The second-order valence-corrected chi connectivity index (χ2v) is 6.64. The number of benzene rings is 2. The fourth-order valence-corrected chi connectivity index (χ4v) is 3.41. The molecule has 24 heavy (non-hydrogen) atoms. The molecule has 4 heteroatoms. The van der Waals surface area contributed by atoms with E-state index in [2.05, 4.69) is 36.9 Å². The van der Waals surface area contributed by atoms with Crippen molar-refractivity contribution >= 4 is 17.3 Å². The van der Waals surface area contributed by atoms with Crippen molar-refractivity contribution in [2.24, 2.45) is 0 Å². The van der Waals surface area contributed by atoms with Crippen LogP contribution >= 0.6 is 0 Å². The summed E-state index contributed by atoms with van der Waals surface area (Å²) in [6.45, 7) is 9.43. The highest BCUT2D eigenvalue weighted by Crippen LogP contribution is 2.23. The van der Waals surface area contributed by atoms with E-state index in [0.29, 0.717) is 5.69 Å². The Morgan fingerprint density at radius 3 is 2.25 bits per heavy atom. The van der Waals surface area contributed by atoms with Gasteiger partial charge in [-0.2, -0.15) is 0 Å². The minimum Gasteiger partial charge on any atom is -0.399 e. The number of aryl methyl sites for hydroxylation is 3. The predicted octanol–water partition coefficient (Wildman–Crippen LogP) is 3.16. The van der Waals surface area contributed by atoms with Crippen molar-refractivity contribution in [3.05, 3.63) is 58.7 Å². The van der Waals surface area contributed by atoms with Gasteiger partial charge in [-0.3, -0.25) is 4.79 Å². The van der Waals surface area contributed by atoms with Gasteiger partial charge < -0.3 is 15.5 Å². The summed E-state index contributed by atoms with van der Waals surface area (Å²) < 4.78 is 0. The Morgan fingerprint density at radius 1 is 0.917 bits per heavy atom. The lowest BCUT2D eigenvalue weighted by molar-refractivity contribution is 0.0746. The maximum Gasteiger partial charge on any atom is 0.254 e. The summed E-state index contributed by atoms with van der Waals surface area (Å²) in [5.41, 5.74) is 12.0. The molecular formula is C20H25N3O. The number of nitrogens with zero attached hydrogens (tertiary/aromatic N) is 2. The second-order valence-electron chi connectivity index (χ2n) is 6.64. The van der Waals surface area contributed by atoms with Gasteiger partial charge in [0.05, 0.1) is 0 Å². The number of nitrogens with two attached hydrogens (primary N) is 1. The number of carbonyl (C=O) groups excluding carboxylic acids is 1. The smallest absolute Gasteiger partial charge is 0.254 e. The Morgan fingerprint density at radius 2 is 1.62 bits per heavy atom. The zero-order chi connectivity index (χ0) is 17.3. The van der Waals surface area contributed by atoms with Crippen LogP contribution in [0.4, 0.5) is 11.4 Å². The van der Waals surface area contributed by atoms with Crippen LogP contribution in [0.1, 0.15) is 27.0 Å². The fourth-order valence-electron chi connectivity index (χ4n) is 3.41. The van der Waals surface area contributed by atoms with E-state index in [9.17, 15) is 4.79 Å². The summed E-state index contributed by atoms with van der Waals surface area (Å²) in [5.74, 6) is 0.104. The van der Waals surface area contributed by atoms with Crippen molar-refractivity contribution < 1.29 is 4.79 Å². The summed E-state index contributed by atoms with van der Waals surface area (Å²) in [5, 5.41) is 0. The molecule has 2 N–H and O–H groups in total. The van der Waals surface area contributed by atoms with Crippen LogP contribution in [0.5, 0.6) is 0 Å². The number of nitrogen functional groups attached to an aromatic ring is 1. The van der Waals surface area contributed by atoms with Crippen molar-refractivity contribution in [3.63, 3.8) is 0 Å². The van der Waals surface area contributed by atoms with Gasteiger partial charge >= 0.3 is 0 Å². The van der Waals surface area contributed by atoms with E-state index < -0.39 is 0 Å². The second kappa shape index (κ2) is 6.56. The molecule has 2 aromatic carbocycles. The van der Waals surface area contributed by atoms with Gasteiger partial charge in [-0.25, -0.2) is 0 Å². The number of carbonyl (C=O) groups is 1. The maximum atomic E-state index is 12.8. The molecule has 0 saturated carbocycles. The molecule has 0 unspecified atom stereocenters. The van der Waals surface area contributed by atoms with Gasteiger partial charge in [0.2, 0.25) is 0 Å². The van der Waals surface area contributed by atoms with Crippen LogP contribution in [-0.2, 0) is 0 Å². The van der Waals surface area contributed by atoms with Gasteiger partial charge in [0.1, 0.15) is 0 Å². The zero-order valence-electron chi connectivity index (χ0n) is 14.7. The van der Waals surface area contributed by atoms with Crippen molar-refractivity contribution in [1.29, 1.82) is 0 Å². The average molecular weight is 323 g/mol. The Labute approximate surface area is 143 Å². The van der Waals surface area contributed by atoms with E-state index in [4.69, 9.17) is 5.73 Å². The first-order chi connectivity index (χ1) is 11.5. The molecule has 1 aliphatic heterocycles. The van der Waals surface area contributed by atoms with Crippen LogP contribution in [0.2, 0.25) is 0 Å². The molecule has 126 valence electrons. The number of hydrogen-bond donors (Lipinski definition) is 1. The first kappa shape index (κ1) is 16.4. The Balaban J connectivity index is 1.69. The van der Waals surface area contributed by atoms with Crippen LogP contribution in [-0.4, -0.2) is 37.0 Å². The summed E-state index contributed by atoms with van der Waals surface area (Å²) in [6, 6.07) is 12.0. The SMILES string of the molecule is Cc1ccc(N2CCN(C(=O)c3ccc(N)cc3C)CC2)c(C)c1. The predicted molar refractivity (Wildman–Crippen MR) is 99.6 cm³/mol. The van der Waals surface area contributed by atoms with E-state index in [1.807, 2.05) is 24.0 Å². The third kappa shape index (κ3) is 3.23. The quantitative estimate of drug-likeness (QED) is 0.864. The molecule has 1 amide bonds. The van der Waals surface area contributed by atoms with Crippen LogP contribution in [0, 0.1) is 20.8 Å². The molecule has 2 aromatic rings. The van der Waals surface area contributed by atoms with Crippen molar-refractivity contribution in [3.8, 4) is 0 Å². The molecular weight excluding hydrogens is 298 g/mol. The third-order valence-electron chi connectivity index (χ3n) is 4.74. The van der Waals surface area contributed by atoms with Gasteiger partial charge in [0.25, 0.3) is 5.91 Å². The van der Waals surface area contributed by atoms with E-state index in [-0.39, 0.29) is 5.91 Å². The lowest BCUT2D eigenvalue weighted by Crippen LogP contribution is -2.49. The van der Waals surface area contributed by atoms with E-state index in [1.54, 1.807) is 6.07 Å². The van der Waals surface area contributed by atoms with Gasteiger partial charge in [0, 0.05) is 43.1 Å². The molecule has 1 heterocycles. The topological polar surface area (TPSA) is 49.6 Å². The molecule has 1 fully saturated rings. The number of anilines is 2. The summed E-state index contributed by atoms with van der Waals surface area (Å²) in [6.07, 6.45) is 0. The van der Waals surface area contributed by atoms with E-state index in [1.165, 1.54) is 16.8 Å². The first-order valence-electron chi connectivity index (χ1n) is 8.43. The number of amides is 1. The molecule has 3 rings (SSSR count). The molecule has 0 aliphatic carbocycles.